The number of carbonyl (C=O) groups is 1. The highest BCUT2D eigenvalue weighted by Gasteiger charge is 2.22. The molecule has 0 radical (unpaired) electrons. The van der Waals surface area contributed by atoms with Crippen molar-refractivity contribution in [2.75, 3.05) is 5.32 Å². The number of nitrogens with zero attached hydrogens (tertiary/aromatic N) is 1. The third kappa shape index (κ3) is 1.82. The highest BCUT2D eigenvalue weighted by molar-refractivity contribution is 6.06. The molecule has 1 fully saturated rings. The molecule has 3 rings (SSSR count). The summed E-state index contributed by atoms with van der Waals surface area (Å²) in [5.41, 5.74) is 0.323. The van der Waals surface area contributed by atoms with Crippen LogP contribution in [-0.4, -0.2) is 22.1 Å². The maximum absolute atomic E-state index is 11.1. The van der Waals surface area contributed by atoms with E-state index in [1.54, 1.807) is 24.4 Å². The van der Waals surface area contributed by atoms with E-state index in [1.165, 1.54) is 0 Å². The van der Waals surface area contributed by atoms with Gasteiger partial charge in [-0.3, -0.25) is 0 Å². The molecule has 0 aliphatic heterocycles. The zero-order chi connectivity index (χ0) is 11.8. The van der Waals surface area contributed by atoms with Crippen molar-refractivity contribution >= 4 is 22.6 Å². The number of carboxylic acid groups (broad SMARTS) is 1. The zero-order valence-corrected chi connectivity index (χ0v) is 9.18. The van der Waals surface area contributed by atoms with E-state index in [9.17, 15) is 4.79 Å². The van der Waals surface area contributed by atoms with E-state index in [0.29, 0.717) is 11.6 Å². The van der Waals surface area contributed by atoms with Crippen LogP contribution in [0, 0.1) is 0 Å². The molecule has 1 saturated carbocycles. The van der Waals surface area contributed by atoms with Gasteiger partial charge in [-0.1, -0.05) is 12.1 Å². The molecule has 86 valence electrons. The average molecular weight is 228 g/mol. The van der Waals surface area contributed by atoms with Crippen molar-refractivity contribution in [1.82, 2.24) is 4.98 Å². The first-order chi connectivity index (χ1) is 8.25. The lowest BCUT2D eigenvalue weighted by Gasteiger charge is -2.08. The van der Waals surface area contributed by atoms with E-state index >= 15 is 0 Å². The molecule has 0 amide bonds. The number of benzene rings is 1. The molecule has 4 heteroatoms. The molecule has 0 bridgehead atoms. The van der Waals surface area contributed by atoms with Crippen LogP contribution in [0.1, 0.15) is 23.2 Å². The second kappa shape index (κ2) is 3.73. The third-order valence-electron chi connectivity index (χ3n) is 2.95. The van der Waals surface area contributed by atoms with Gasteiger partial charge in [-0.15, -0.1) is 0 Å². The molecule has 4 nitrogen and oxygen atoms in total. The number of hydrogen-bond acceptors (Lipinski definition) is 3. The summed E-state index contributed by atoms with van der Waals surface area (Å²) in [6.45, 7) is 0. The predicted octanol–water partition coefficient (Wildman–Crippen LogP) is 2.51. The fraction of sp³-hybridized carbons (Fsp3) is 0.231. The summed E-state index contributed by atoms with van der Waals surface area (Å²) in [6.07, 6.45) is 3.98. The number of pyridine rings is 1. The number of carboxylic acids is 1. The first kappa shape index (κ1) is 10.1. The van der Waals surface area contributed by atoms with Crippen molar-refractivity contribution in [2.45, 2.75) is 18.9 Å². The highest BCUT2D eigenvalue weighted by atomic mass is 16.4. The molecule has 0 atom stereocenters. The lowest BCUT2D eigenvalue weighted by Crippen LogP contribution is -2.04. The average Bonchev–Trinajstić information content (AvgIpc) is 3.12. The Hall–Kier alpha value is -2.10. The smallest absolute Gasteiger partial charge is 0.336 e. The van der Waals surface area contributed by atoms with Crippen molar-refractivity contribution in [3.8, 4) is 0 Å². The van der Waals surface area contributed by atoms with Gasteiger partial charge >= 0.3 is 5.97 Å². The molecule has 1 heterocycles. The number of aromatic carboxylic acids is 1. The SMILES string of the molecule is O=C(O)c1cccc2c(NC3CC3)nccc12. The molecule has 1 aromatic heterocycles. The third-order valence-corrected chi connectivity index (χ3v) is 2.95. The van der Waals surface area contributed by atoms with Crippen LogP contribution in [-0.2, 0) is 0 Å². The Labute approximate surface area is 98.3 Å². The number of hydrogen-bond donors (Lipinski definition) is 2. The molecule has 1 aliphatic rings. The summed E-state index contributed by atoms with van der Waals surface area (Å²) in [7, 11) is 0. The Bertz CT molecular complexity index is 591. The van der Waals surface area contributed by atoms with Gasteiger partial charge in [0.2, 0.25) is 0 Å². The van der Waals surface area contributed by atoms with Gasteiger partial charge in [0.05, 0.1) is 5.56 Å². The summed E-state index contributed by atoms with van der Waals surface area (Å²) in [6, 6.07) is 7.52. The van der Waals surface area contributed by atoms with E-state index in [2.05, 4.69) is 10.3 Å². The van der Waals surface area contributed by atoms with Gasteiger partial charge in [-0.05, 0) is 25.0 Å². The molecule has 0 saturated heterocycles. The number of rotatable bonds is 3. The quantitative estimate of drug-likeness (QED) is 0.847. The van der Waals surface area contributed by atoms with Gasteiger partial charge in [0.1, 0.15) is 5.82 Å². The molecule has 0 unspecified atom stereocenters. The molecule has 2 N–H and O–H groups in total. The fourth-order valence-corrected chi connectivity index (χ4v) is 1.93. The lowest BCUT2D eigenvalue weighted by atomic mass is 10.1. The Balaban J connectivity index is 2.17. The van der Waals surface area contributed by atoms with Crippen molar-refractivity contribution in [2.24, 2.45) is 0 Å². The highest BCUT2D eigenvalue weighted by Crippen LogP contribution is 2.29. The molecule has 2 aromatic rings. The van der Waals surface area contributed by atoms with Crippen molar-refractivity contribution in [1.29, 1.82) is 0 Å². The fourth-order valence-electron chi connectivity index (χ4n) is 1.93. The topological polar surface area (TPSA) is 62.2 Å². The van der Waals surface area contributed by atoms with E-state index in [1.807, 2.05) is 6.07 Å². The second-order valence-electron chi connectivity index (χ2n) is 4.28. The first-order valence-electron chi connectivity index (χ1n) is 5.63. The van der Waals surface area contributed by atoms with Gasteiger partial charge in [-0.2, -0.15) is 0 Å². The lowest BCUT2D eigenvalue weighted by molar-refractivity contribution is 0.0699. The summed E-state index contributed by atoms with van der Waals surface area (Å²) in [4.78, 5) is 15.4. The van der Waals surface area contributed by atoms with Crippen molar-refractivity contribution < 1.29 is 9.90 Å². The van der Waals surface area contributed by atoms with Crippen LogP contribution < -0.4 is 5.32 Å². The maximum atomic E-state index is 11.1. The minimum Gasteiger partial charge on any atom is -0.478 e. The van der Waals surface area contributed by atoms with E-state index in [0.717, 1.165) is 29.4 Å². The van der Waals surface area contributed by atoms with Crippen LogP contribution in [0.3, 0.4) is 0 Å². The van der Waals surface area contributed by atoms with Crippen molar-refractivity contribution in [3.05, 3.63) is 36.0 Å². The minimum atomic E-state index is -0.904. The van der Waals surface area contributed by atoms with Gasteiger partial charge in [0.15, 0.2) is 0 Å². The molecular weight excluding hydrogens is 216 g/mol. The van der Waals surface area contributed by atoms with Crippen LogP contribution in [0.4, 0.5) is 5.82 Å². The number of fused-ring (bicyclic) bond motifs is 1. The van der Waals surface area contributed by atoms with Crippen LogP contribution in [0.5, 0.6) is 0 Å². The van der Waals surface area contributed by atoms with E-state index in [4.69, 9.17) is 5.11 Å². The monoisotopic (exact) mass is 228 g/mol. The number of aromatic nitrogens is 1. The van der Waals surface area contributed by atoms with Crippen LogP contribution in [0.2, 0.25) is 0 Å². The Morgan fingerprint density at radius 3 is 2.82 bits per heavy atom. The van der Waals surface area contributed by atoms with Crippen LogP contribution in [0.15, 0.2) is 30.5 Å². The summed E-state index contributed by atoms with van der Waals surface area (Å²) in [5, 5.41) is 14.1. The molecular formula is C13H12N2O2. The van der Waals surface area contributed by atoms with Crippen LogP contribution in [0.25, 0.3) is 10.8 Å². The van der Waals surface area contributed by atoms with Crippen molar-refractivity contribution in [3.63, 3.8) is 0 Å². The first-order valence-corrected chi connectivity index (χ1v) is 5.63. The standard InChI is InChI=1S/C13H12N2O2/c16-13(17)11-3-1-2-10-9(11)6-7-14-12(10)15-8-4-5-8/h1-3,6-8H,4-5H2,(H,14,15)(H,16,17). The molecule has 1 aliphatic carbocycles. The predicted molar refractivity (Wildman–Crippen MR) is 65.3 cm³/mol. The summed E-state index contributed by atoms with van der Waals surface area (Å²) >= 11 is 0. The van der Waals surface area contributed by atoms with Gasteiger partial charge in [0, 0.05) is 23.0 Å². The number of anilines is 1. The summed E-state index contributed by atoms with van der Waals surface area (Å²) < 4.78 is 0. The Morgan fingerprint density at radius 1 is 1.29 bits per heavy atom. The summed E-state index contributed by atoms with van der Waals surface area (Å²) in [5.74, 6) is -0.118. The largest absolute Gasteiger partial charge is 0.478 e. The number of nitrogens with one attached hydrogen (secondary N) is 1. The minimum absolute atomic E-state index is 0.323. The van der Waals surface area contributed by atoms with Crippen LogP contribution >= 0.6 is 0 Å². The zero-order valence-electron chi connectivity index (χ0n) is 9.18. The van der Waals surface area contributed by atoms with E-state index < -0.39 is 5.97 Å². The Morgan fingerprint density at radius 2 is 2.12 bits per heavy atom. The second-order valence-corrected chi connectivity index (χ2v) is 4.28. The molecule has 0 spiro atoms. The van der Waals surface area contributed by atoms with Gasteiger partial charge < -0.3 is 10.4 Å². The molecule has 17 heavy (non-hydrogen) atoms. The maximum Gasteiger partial charge on any atom is 0.336 e. The molecule has 1 aromatic carbocycles. The van der Waals surface area contributed by atoms with Gasteiger partial charge in [0.25, 0.3) is 0 Å². The normalized spacial score (nSPS) is 14.8. The van der Waals surface area contributed by atoms with Gasteiger partial charge in [-0.25, -0.2) is 9.78 Å². The Kier molecular flexibility index (Phi) is 2.21. The van der Waals surface area contributed by atoms with E-state index in [-0.39, 0.29) is 0 Å².